The molecule has 0 N–H and O–H groups in total. The van der Waals surface area contributed by atoms with E-state index in [1.807, 2.05) is 42.5 Å². The lowest BCUT2D eigenvalue weighted by molar-refractivity contribution is -0.384. The van der Waals surface area contributed by atoms with Gasteiger partial charge in [-0.2, -0.15) is 0 Å². The number of hydrogen-bond donors (Lipinski definition) is 0. The Balaban J connectivity index is 1.52. The molecule has 0 unspecified atom stereocenters. The number of carbonyl (C=O) groups is 1. The number of carbonyl (C=O) groups excluding carboxylic acids is 1. The molecule has 1 heterocycles. The van der Waals surface area contributed by atoms with Crippen LogP contribution in [0.5, 0.6) is 5.75 Å². The quantitative estimate of drug-likeness (QED) is 0.204. The Kier molecular flexibility index (Phi) is 6.31. The minimum atomic E-state index is -0.525. The first-order chi connectivity index (χ1) is 15.9. The van der Waals surface area contributed by atoms with Crippen LogP contribution in [0, 0.1) is 10.1 Å². The van der Waals surface area contributed by atoms with Crippen LogP contribution in [0.2, 0.25) is 0 Å². The van der Waals surface area contributed by atoms with E-state index in [1.165, 1.54) is 17.7 Å². The van der Waals surface area contributed by atoms with Crippen LogP contribution in [0.1, 0.15) is 42.0 Å². The number of cyclic esters (lactones) is 1. The monoisotopic (exact) mass is 442 g/mol. The normalized spacial score (nSPS) is 14.3. The van der Waals surface area contributed by atoms with Gasteiger partial charge in [0.05, 0.1) is 4.92 Å². The summed E-state index contributed by atoms with van der Waals surface area (Å²) in [4.78, 5) is 27.2. The number of esters is 1. The van der Waals surface area contributed by atoms with Crippen molar-refractivity contribution in [1.29, 1.82) is 0 Å². The van der Waals surface area contributed by atoms with Gasteiger partial charge in [0, 0.05) is 23.3 Å². The maximum atomic E-state index is 12.4. The highest BCUT2D eigenvalue weighted by atomic mass is 16.6. The zero-order valence-corrected chi connectivity index (χ0v) is 18.2. The van der Waals surface area contributed by atoms with Gasteiger partial charge in [-0.1, -0.05) is 44.2 Å². The third-order valence-electron chi connectivity index (χ3n) is 5.20. The van der Waals surface area contributed by atoms with E-state index >= 15 is 0 Å². The summed E-state index contributed by atoms with van der Waals surface area (Å²) in [5.74, 6) is 0.708. The van der Waals surface area contributed by atoms with Gasteiger partial charge >= 0.3 is 5.97 Å². The molecule has 3 aromatic rings. The van der Waals surface area contributed by atoms with Crippen molar-refractivity contribution in [2.75, 3.05) is 0 Å². The number of aliphatic imine (C=N–C) groups is 1. The van der Waals surface area contributed by atoms with Crippen molar-refractivity contribution in [3.8, 4) is 5.75 Å². The number of benzene rings is 3. The summed E-state index contributed by atoms with van der Waals surface area (Å²) in [6.45, 7) is 4.45. The fourth-order valence-electron chi connectivity index (χ4n) is 3.30. The van der Waals surface area contributed by atoms with E-state index in [1.54, 1.807) is 24.3 Å². The third kappa shape index (κ3) is 5.15. The Labute approximate surface area is 191 Å². The van der Waals surface area contributed by atoms with Crippen molar-refractivity contribution in [1.82, 2.24) is 0 Å². The molecule has 7 nitrogen and oxygen atoms in total. The molecule has 0 saturated heterocycles. The van der Waals surface area contributed by atoms with Crippen LogP contribution in [-0.2, 0) is 16.1 Å². The number of nitrogens with zero attached hydrogens (tertiary/aromatic N) is 2. The number of ether oxygens (including phenoxy) is 2. The standard InChI is InChI=1S/C26H22N2O5/c1-17(2)19-9-11-20(12-10-19)25-27-23(26(29)33-25)15-21-5-3-4-6-24(21)32-16-18-7-13-22(14-8-18)28(30)31/h3-15,17H,16H2,1-2H3/b23-15-. The first kappa shape index (κ1) is 22.0. The van der Waals surface area contributed by atoms with Gasteiger partial charge in [0.15, 0.2) is 5.70 Å². The molecule has 4 rings (SSSR count). The molecule has 0 atom stereocenters. The molecule has 166 valence electrons. The summed E-state index contributed by atoms with van der Waals surface area (Å²) in [5, 5.41) is 10.8. The molecule has 0 saturated carbocycles. The molecule has 3 aromatic carbocycles. The van der Waals surface area contributed by atoms with Gasteiger partial charge in [0.1, 0.15) is 12.4 Å². The minimum absolute atomic E-state index is 0.0242. The maximum absolute atomic E-state index is 12.4. The minimum Gasteiger partial charge on any atom is -0.488 e. The van der Waals surface area contributed by atoms with Crippen molar-refractivity contribution in [2.45, 2.75) is 26.4 Å². The number of non-ortho nitro benzene ring substituents is 1. The molecule has 0 radical (unpaired) electrons. The van der Waals surface area contributed by atoms with Crippen LogP contribution in [-0.4, -0.2) is 16.8 Å². The van der Waals surface area contributed by atoms with Crippen LogP contribution >= 0.6 is 0 Å². The number of nitro groups is 1. The van der Waals surface area contributed by atoms with Crippen LogP contribution in [0.4, 0.5) is 5.69 Å². The summed E-state index contributed by atoms with van der Waals surface area (Å²) >= 11 is 0. The number of rotatable bonds is 7. The van der Waals surface area contributed by atoms with Gasteiger partial charge in [-0.25, -0.2) is 9.79 Å². The van der Waals surface area contributed by atoms with Gasteiger partial charge < -0.3 is 9.47 Å². The topological polar surface area (TPSA) is 91.0 Å². The first-order valence-corrected chi connectivity index (χ1v) is 10.5. The summed E-state index contributed by atoms with van der Waals surface area (Å²) in [6.07, 6.45) is 1.63. The third-order valence-corrected chi connectivity index (χ3v) is 5.20. The molecule has 0 amide bonds. The summed E-state index contributed by atoms with van der Waals surface area (Å²) in [5.41, 5.74) is 3.60. The molecule has 33 heavy (non-hydrogen) atoms. The molecule has 7 heteroatoms. The lowest BCUT2D eigenvalue weighted by Gasteiger charge is -2.09. The van der Waals surface area contributed by atoms with Crippen LogP contribution in [0.3, 0.4) is 0 Å². The van der Waals surface area contributed by atoms with Gasteiger partial charge in [-0.05, 0) is 53.5 Å². The Morgan fingerprint density at radius 1 is 1.03 bits per heavy atom. The first-order valence-electron chi connectivity index (χ1n) is 10.5. The van der Waals surface area contributed by atoms with Crippen LogP contribution in [0.25, 0.3) is 6.08 Å². The van der Waals surface area contributed by atoms with E-state index < -0.39 is 10.9 Å². The molecule has 0 spiro atoms. The van der Waals surface area contributed by atoms with Crippen molar-refractivity contribution in [2.24, 2.45) is 4.99 Å². The van der Waals surface area contributed by atoms with Gasteiger partial charge in [-0.15, -0.1) is 0 Å². The van der Waals surface area contributed by atoms with Crippen molar-refractivity contribution in [3.05, 3.63) is 111 Å². The predicted molar refractivity (Wildman–Crippen MR) is 125 cm³/mol. The van der Waals surface area contributed by atoms with Crippen LogP contribution < -0.4 is 4.74 Å². The van der Waals surface area contributed by atoms with E-state index in [-0.39, 0.29) is 23.9 Å². The number of para-hydroxylation sites is 1. The zero-order valence-electron chi connectivity index (χ0n) is 18.2. The van der Waals surface area contributed by atoms with Crippen molar-refractivity contribution >= 4 is 23.6 Å². The highest BCUT2D eigenvalue weighted by molar-refractivity contribution is 6.12. The average Bonchev–Trinajstić information content (AvgIpc) is 3.19. The van der Waals surface area contributed by atoms with Gasteiger partial charge in [0.2, 0.25) is 5.90 Å². The lowest BCUT2D eigenvalue weighted by Crippen LogP contribution is -2.05. The Bertz CT molecular complexity index is 1240. The Hall–Kier alpha value is -4.26. The summed E-state index contributed by atoms with van der Waals surface area (Å²) < 4.78 is 11.3. The van der Waals surface area contributed by atoms with Gasteiger partial charge in [-0.3, -0.25) is 10.1 Å². The van der Waals surface area contributed by atoms with E-state index in [2.05, 4.69) is 18.8 Å². The predicted octanol–water partition coefficient (Wildman–Crippen LogP) is 5.64. The average molecular weight is 442 g/mol. The number of hydrogen-bond acceptors (Lipinski definition) is 6. The Morgan fingerprint density at radius 2 is 1.73 bits per heavy atom. The molecule has 0 aliphatic carbocycles. The Morgan fingerprint density at radius 3 is 2.39 bits per heavy atom. The molecule has 0 fully saturated rings. The highest BCUT2D eigenvalue weighted by Crippen LogP contribution is 2.26. The molecular weight excluding hydrogens is 420 g/mol. The number of nitro benzene ring substituents is 1. The highest BCUT2D eigenvalue weighted by Gasteiger charge is 2.24. The van der Waals surface area contributed by atoms with Gasteiger partial charge in [0.25, 0.3) is 5.69 Å². The van der Waals surface area contributed by atoms with E-state index in [0.29, 0.717) is 17.2 Å². The maximum Gasteiger partial charge on any atom is 0.363 e. The fraction of sp³-hybridized carbons (Fsp3) is 0.154. The van der Waals surface area contributed by atoms with E-state index in [9.17, 15) is 14.9 Å². The molecule has 0 aromatic heterocycles. The van der Waals surface area contributed by atoms with Crippen LogP contribution in [0.15, 0.2) is 83.5 Å². The SMILES string of the molecule is CC(C)c1ccc(C2=N/C(=C\c3ccccc3OCc3ccc([N+](=O)[O-])cc3)C(=O)O2)cc1. The second kappa shape index (κ2) is 9.48. The molecular formula is C26H22N2O5. The smallest absolute Gasteiger partial charge is 0.363 e. The molecule has 1 aliphatic heterocycles. The summed E-state index contributed by atoms with van der Waals surface area (Å²) in [7, 11) is 0. The largest absolute Gasteiger partial charge is 0.488 e. The second-order valence-corrected chi connectivity index (χ2v) is 7.86. The van der Waals surface area contributed by atoms with E-state index in [0.717, 1.165) is 11.1 Å². The summed E-state index contributed by atoms with van der Waals surface area (Å²) in [6, 6.07) is 21.2. The lowest BCUT2D eigenvalue weighted by atomic mass is 10.0. The molecule has 0 bridgehead atoms. The second-order valence-electron chi connectivity index (χ2n) is 7.86. The van der Waals surface area contributed by atoms with Crippen molar-refractivity contribution < 1.29 is 19.2 Å². The van der Waals surface area contributed by atoms with E-state index in [4.69, 9.17) is 9.47 Å². The van der Waals surface area contributed by atoms with Crippen molar-refractivity contribution in [3.63, 3.8) is 0 Å². The zero-order chi connectivity index (χ0) is 23.4. The fourth-order valence-corrected chi connectivity index (χ4v) is 3.30. The molecule has 1 aliphatic rings.